The van der Waals surface area contributed by atoms with Gasteiger partial charge in [-0.25, -0.2) is 0 Å². The lowest BCUT2D eigenvalue weighted by molar-refractivity contribution is 0.0531. The van der Waals surface area contributed by atoms with Crippen LogP contribution >= 0.6 is 0 Å². The molecule has 0 spiro atoms. The molecule has 1 aromatic rings. The van der Waals surface area contributed by atoms with Gasteiger partial charge in [-0.2, -0.15) is 0 Å². The lowest BCUT2D eigenvalue weighted by Crippen LogP contribution is -2.24. The second kappa shape index (κ2) is 4.45. The molecule has 1 saturated carbocycles. The summed E-state index contributed by atoms with van der Waals surface area (Å²) in [4.78, 5) is 0. The molecule has 0 heterocycles. The normalized spacial score (nSPS) is 24.9. The quantitative estimate of drug-likeness (QED) is 0.811. The summed E-state index contributed by atoms with van der Waals surface area (Å²) in [7, 11) is 0. The molecular weight excluding hydrogens is 208 g/mol. The number of rotatable bonds is 2. The molecule has 1 aromatic carbocycles. The van der Waals surface area contributed by atoms with E-state index in [0.29, 0.717) is 5.92 Å². The first-order chi connectivity index (χ1) is 7.90. The van der Waals surface area contributed by atoms with Crippen LogP contribution in [0.2, 0.25) is 0 Å². The first kappa shape index (κ1) is 12.6. The Labute approximate surface area is 105 Å². The highest BCUT2D eigenvalue weighted by atomic mass is 16.3. The van der Waals surface area contributed by atoms with E-state index in [2.05, 4.69) is 45.9 Å². The van der Waals surface area contributed by atoms with Gasteiger partial charge in [0.1, 0.15) is 0 Å². The summed E-state index contributed by atoms with van der Waals surface area (Å²) in [6, 6.07) is 6.42. The van der Waals surface area contributed by atoms with E-state index in [1.165, 1.54) is 24.0 Å². The van der Waals surface area contributed by atoms with Gasteiger partial charge in [0.15, 0.2) is 0 Å². The molecule has 0 aromatic heterocycles. The van der Waals surface area contributed by atoms with E-state index in [9.17, 15) is 5.11 Å². The first-order valence-electron chi connectivity index (χ1n) is 6.66. The molecule has 1 heteroatoms. The fourth-order valence-electron chi connectivity index (χ4n) is 3.35. The van der Waals surface area contributed by atoms with E-state index in [0.717, 1.165) is 12.0 Å². The first-order valence-corrected chi connectivity index (χ1v) is 6.66. The van der Waals surface area contributed by atoms with E-state index in [1.54, 1.807) is 0 Å². The van der Waals surface area contributed by atoms with Gasteiger partial charge in [-0.3, -0.25) is 0 Å². The number of benzene rings is 1. The van der Waals surface area contributed by atoms with Gasteiger partial charge in [0.05, 0.1) is 6.10 Å². The molecule has 2 rings (SSSR count). The molecule has 0 radical (unpaired) electrons. The van der Waals surface area contributed by atoms with Crippen molar-refractivity contribution in [3.8, 4) is 0 Å². The summed E-state index contributed by atoms with van der Waals surface area (Å²) < 4.78 is 0. The third kappa shape index (κ3) is 2.55. The standard InChI is InChI=1S/C16H24O/c1-11-8-12(2)10-13(9-11)15(17)14-6-5-7-16(14,3)4/h8-10,14-15,17H,5-7H2,1-4H3. The summed E-state index contributed by atoms with van der Waals surface area (Å²) in [5, 5.41) is 10.6. The zero-order valence-electron chi connectivity index (χ0n) is 11.5. The summed E-state index contributed by atoms with van der Waals surface area (Å²) in [5.74, 6) is 0.406. The van der Waals surface area contributed by atoms with Gasteiger partial charge in [-0.1, -0.05) is 49.6 Å². The van der Waals surface area contributed by atoms with Crippen LogP contribution in [0.4, 0.5) is 0 Å². The minimum Gasteiger partial charge on any atom is -0.388 e. The Morgan fingerprint density at radius 1 is 1.18 bits per heavy atom. The molecule has 94 valence electrons. The zero-order chi connectivity index (χ0) is 12.6. The molecule has 1 aliphatic carbocycles. The van der Waals surface area contributed by atoms with Gasteiger partial charge >= 0.3 is 0 Å². The molecule has 1 N–H and O–H groups in total. The lowest BCUT2D eigenvalue weighted by Gasteiger charge is -2.31. The zero-order valence-corrected chi connectivity index (χ0v) is 11.5. The number of hydrogen-bond acceptors (Lipinski definition) is 1. The van der Waals surface area contributed by atoms with Crippen molar-refractivity contribution in [3.63, 3.8) is 0 Å². The number of hydrogen-bond donors (Lipinski definition) is 1. The molecule has 1 fully saturated rings. The molecule has 0 amide bonds. The van der Waals surface area contributed by atoms with Crippen LogP contribution < -0.4 is 0 Å². The Hall–Kier alpha value is -0.820. The highest BCUT2D eigenvalue weighted by molar-refractivity contribution is 5.30. The van der Waals surface area contributed by atoms with Gasteiger partial charge in [0, 0.05) is 0 Å². The van der Waals surface area contributed by atoms with Crippen LogP contribution in [-0.4, -0.2) is 5.11 Å². The Morgan fingerprint density at radius 3 is 2.24 bits per heavy atom. The maximum absolute atomic E-state index is 10.6. The third-order valence-corrected chi connectivity index (χ3v) is 4.31. The largest absolute Gasteiger partial charge is 0.388 e. The molecule has 1 nitrogen and oxygen atoms in total. The van der Waals surface area contributed by atoms with Crippen LogP contribution in [0.5, 0.6) is 0 Å². The van der Waals surface area contributed by atoms with Crippen molar-refractivity contribution in [1.29, 1.82) is 0 Å². The SMILES string of the molecule is Cc1cc(C)cc(C(O)C2CCCC2(C)C)c1. The Balaban J connectivity index is 2.27. The van der Waals surface area contributed by atoms with Crippen LogP contribution in [-0.2, 0) is 0 Å². The number of aliphatic hydroxyl groups excluding tert-OH is 1. The van der Waals surface area contributed by atoms with Crippen molar-refractivity contribution < 1.29 is 5.11 Å². The molecule has 0 bridgehead atoms. The monoisotopic (exact) mass is 232 g/mol. The topological polar surface area (TPSA) is 20.2 Å². The van der Waals surface area contributed by atoms with Crippen LogP contribution in [0.1, 0.15) is 55.9 Å². The van der Waals surface area contributed by atoms with Crippen molar-refractivity contribution in [2.24, 2.45) is 11.3 Å². The van der Waals surface area contributed by atoms with Gasteiger partial charge in [-0.05, 0) is 43.6 Å². The highest BCUT2D eigenvalue weighted by Crippen LogP contribution is 2.48. The van der Waals surface area contributed by atoms with Crippen molar-refractivity contribution in [3.05, 3.63) is 34.9 Å². The van der Waals surface area contributed by atoms with E-state index in [-0.39, 0.29) is 11.5 Å². The van der Waals surface area contributed by atoms with Crippen molar-refractivity contribution in [2.75, 3.05) is 0 Å². The molecular formula is C16H24O. The highest BCUT2D eigenvalue weighted by Gasteiger charge is 2.39. The Kier molecular flexibility index (Phi) is 3.31. The van der Waals surface area contributed by atoms with Crippen molar-refractivity contribution >= 4 is 0 Å². The average Bonchev–Trinajstić information content (AvgIpc) is 2.55. The summed E-state index contributed by atoms with van der Waals surface area (Å²) in [6.07, 6.45) is 3.34. The predicted octanol–water partition coefficient (Wildman–Crippen LogP) is 4.16. The van der Waals surface area contributed by atoms with Gasteiger partial charge in [0.25, 0.3) is 0 Å². The van der Waals surface area contributed by atoms with E-state index < -0.39 is 0 Å². The smallest absolute Gasteiger partial charge is 0.0823 e. The van der Waals surface area contributed by atoms with Crippen molar-refractivity contribution in [2.45, 2.75) is 53.1 Å². The lowest BCUT2D eigenvalue weighted by atomic mass is 9.76. The fraction of sp³-hybridized carbons (Fsp3) is 0.625. The molecule has 1 aliphatic rings. The molecule has 0 aliphatic heterocycles. The van der Waals surface area contributed by atoms with Crippen LogP contribution in [0.3, 0.4) is 0 Å². The summed E-state index contributed by atoms with van der Waals surface area (Å²) in [5.41, 5.74) is 3.86. The number of aryl methyl sites for hydroxylation is 2. The van der Waals surface area contributed by atoms with E-state index in [4.69, 9.17) is 0 Å². The maximum atomic E-state index is 10.6. The molecule has 2 atom stereocenters. The Morgan fingerprint density at radius 2 is 1.76 bits per heavy atom. The maximum Gasteiger partial charge on any atom is 0.0823 e. The van der Waals surface area contributed by atoms with Gasteiger partial charge < -0.3 is 5.11 Å². The van der Waals surface area contributed by atoms with Crippen LogP contribution in [0, 0.1) is 25.2 Å². The Bertz CT molecular complexity index is 386. The summed E-state index contributed by atoms with van der Waals surface area (Å²) >= 11 is 0. The molecule has 17 heavy (non-hydrogen) atoms. The van der Waals surface area contributed by atoms with Crippen LogP contribution in [0.25, 0.3) is 0 Å². The summed E-state index contributed by atoms with van der Waals surface area (Å²) in [6.45, 7) is 8.78. The number of aliphatic hydroxyl groups is 1. The molecule has 0 saturated heterocycles. The van der Waals surface area contributed by atoms with Gasteiger partial charge in [-0.15, -0.1) is 0 Å². The second-order valence-corrected chi connectivity index (χ2v) is 6.35. The van der Waals surface area contributed by atoms with Gasteiger partial charge in [0.2, 0.25) is 0 Å². The fourth-order valence-corrected chi connectivity index (χ4v) is 3.35. The minimum absolute atomic E-state index is 0.275. The van der Waals surface area contributed by atoms with Crippen molar-refractivity contribution in [1.82, 2.24) is 0 Å². The van der Waals surface area contributed by atoms with E-state index >= 15 is 0 Å². The third-order valence-electron chi connectivity index (χ3n) is 4.31. The molecule has 2 unspecified atom stereocenters. The second-order valence-electron chi connectivity index (χ2n) is 6.35. The average molecular weight is 232 g/mol. The van der Waals surface area contributed by atoms with E-state index in [1.807, 2.05) is 0 Å². The predicted molar refractivity (Wildman–Crippen MR) is 72.0 cm³/mol. The van der Waals surface area contributed by atoms with Crippen LogP contribution in [0.15, 0.2) is 18.2 Å². The minimum atomic E-state index is -0.300.